The molecule has 0 bridgehead atoms. The monoisotopic (exact) mass is 494 g/mol. The van der Waals surface area contributed by atoms with E-state index in [1.807, 2.05) is 0 Å². The van der Waals surface area contributed by atoms with Gasteiger partial charge in [0, 0.05) is 28.5 Å². The van der Waals surface area contributed by atoms with Gasteiger partial charge in [0.2, 0.25) is 0 Å². The third kappa shape index (κ3) is 2.56. The van der Waals surface area contributed by atoms with E-state index in [4.69, 9.17) is 0 Å². The molecule has 0 aliphatic carbocycles. The smallest absolute Gasteiger partial charge is 0.0186 e. The number of hydrogen-bond donors (Lipinski definition) is 0. The van der Waals surface area contributed by atoms with Crippen molar-refractivity contribution in [2.45, 2.75) is 19.6 Å². The maximum Gasteiger partial charge on any atom is 0.0186 e. The van der Waals surface area contributed by atoms with E-state index in [0.29, 0.717) is 0 Å². The molecule has 3 heteroatoms. The summed E-state index contributed by atoms with van der Waals surface area (Å²) in [5.41, 5.74) is 2.70. The molecule has 132 valence electrons. The molecule has 0 saturated heterocycles. The Kier molecular flexibility index (Phi) is 4.27. The van der Waals surface area contributed by atoms with Crippen LogP contribution in [-0.2, 0) is 0 Å². The molecule has 5 rings (SSSR count). The van der Waals surface area contributed by atoms with Crippen LogP contribution < -0.4 is 0 Å². The summed E-state index contributed by atoms with van der Waals surface area (Å²) >= 11 is 7.41. The SMILES string of the molecule is Brc1cccc(S2(c3cccc(Br)c3)c3ccccc3-c3ccccc32)c1. The molecule has 1 aliphatic rings. The van der Waals surface area contributed by atoms with Gasteiger partial charge in [-0.1, -0.05) is 80.4 Å². The van der Waals surface area contributed by atoms with Crippen LogP contribution in [0.2, 0.25) is 0 Å². The summed E-state index contributed by atoms with van der Waals surface area (Å²) in [5.74, 6) is 0. The Morgan fingerprint density at radius 1 is 0.481 bits per heavy atom. The second-order valence-electron chi connectivity index (χ2n) is 6.52. The minimum atomic E-state index is -1.54. The quantitative estimate of drug-likeness (QED) is 0.230. The highest BCUT2D eigenvalue weighted by Crippen LogP contribution is 2.80. The maximum atomic E-state index is 3.70. The zero-order chi connectivity index (χ0) is 18.4. The Hall–Kier alpha value is -1.81. The topological polar surface area (TPSA) is 0 Å². The third-order valence-electron chi connectivity index (χ3n) is 5.02. The summed E-state index contributed by atoms with van der Waals surface area (Å²) in [5, 5.41) is 0. The lowest BCUT2D eigenvalue weighted by Gasteiger charge is -2.39. The van der Waals surface area contributed by atoms with Gasteiger partial charge in [0.1, 0.15) is 0 Å². The van der Waals surface area contributed by atoms with Crippen LogP contribution in [0.5, 0.6) is 0 Å². The van der Waals surface area contributed by atoms with E-state index in [0.717, 1.165) is 8.95 Å². The van der Waals surface area contributed by atoms with Gasteiger partial charge in [-0.25, -0.2) is 0 Å². The van der Waals surface area contributed by atoms with E-state index in [-0.39, 0.29) is 0 Å². The van der Waals surface area contributed by atoms with Crippen molar-refractivity contribution in [3.8, 4) is 11.1 Å². The predicted molar refractivity (Wildman–Crippen MR) is 121 cm³/mol. The van der Waals surface area contributed by atoms with E-state index in [1.165, 1.54) is 30.7 Å². The Morgan fingerprint density at radius 3 is 1.37 bits per heavy atom. The molecule has 0 aromatic heterocycles. The molecule has 0 N–H and O–H groups in total. The summed E-state index contributed by atoms with van der Waals surface area (Å²) in [6, 6.07) is 35.4. The van der Waals surface area contributed by atoms with Crippen LogP contribution in [0, 0.1) is 0 Å². The van der Waals surface area contributed by atoms with Crippen LogP contribution >= 0.6 is 41.9 Å². The van der Waals surface area contributed by atoms with Gasteiger partial charge in [0.25, 0.3) is 0 Å². The average Bonchev–Trinajstić information content (AvgIpc) is 3.00. The standard InChI is InChI=1S/C24H16Br2S/c25-17-7-5-9-19(15-17)27(20-10-6-8-18(26)16-20)23-13-3-1-11-21(23)22-12-2-4-14-24(22)27/h1-16H. The van der Waals surface area contributed by atoms with Crippen molar-refractivity contribution in [2.24, 2.45) is 0 Å². The fourth-order valence-corrected chi connectivity index (χ4v) is 9.37. The molecule has 0 saturated carbocycles. The van der Waals surface area contributed by atoms with Gasteiger partial charge in [0.15, 0.2) is 0 Å². The van der Waals surface area contributed by atoms with E-state index in [9.17, 15) is 0 Å². The number of benzene rings is 4. The molecule has 4 aromatic carbocycles. The van der Waals surface area contributed by atoms with E-state index in [2.05, 4.69) is 129 Å². The summed E-state index contributed by atoms with van der Waals surface area (Å²) in [4.78, 5) is 5.55. The van der Waals surface area contributed by atoms with Gasteiger partial charge >= 0.3 is 0 Å². The predicted octanol–water partition coefficient (Wildman–Crippen LogP) is 8.53. The summed E-state index contributed by atoms with van der Waals surface area (Å²) in [6.45, 7) is 0. The number of hydrogen-bond acceptors (Lipinski definition) is 0. The number of fused-ring (bicyclic) bond motifs is 3. The largest absolute Gasteiger partial charge is 0.132 e. The molecule has 0 nitrogen and oxygen atoms in total. The Labute approximate surface area is 177 Å². The molecule has 27 heavy (non-hydrogen) atoms. The number of rotatable bonds is 2. The average molecular weight is 496 g/mol. The molecule has 0 fully saturated rings. The van der Waals surface area contributed by atoms with Gasteiger partial charge in [-0.3, -0.25) is 0 Å². The summed E-state index contributed by atoms with van der Waals surface area (Å²) < 4.78 is 2.23. The van der Waals surface area contributed by atoms with Gasteiger partial charge in [-0.15, -0.1) is 10.0 Å². The van der Waals surface area contributed by atoms with Crippen molar-refractivity contribution in [1.82, 2.24) is 0 Å². The molecule has 0 unspecified atom stereocenters. The lowest BCUT2D eigenvalue weighted by Crippen LogP contribution is -2.01. The van der Waals surface area contributed by atoms with Crippen molar-refractivity contribution < 1.29 is 0 Å². The first-order chi connectivity index (χ1) is 13.2. The van der Waals surface area contributed by atoms with E-state index >= 15 is 0 Å². The van der Waals surface area contributed by atoms with Gasteiger partial charge < -0.3 is 0 Å². The minimum absolute atomic E-state index is 1.11. The molecule has 0 radical (unpaired) electrons. The van der Waals surface area contributed by atoms with Gasteiger partial charge in [-0.2, -0.15) is 0 Å². The Bertz CT molecular complexity index is 1070. The van der Waals surface area contributed by atoms with Crippen LogP contribution in [0.3, 0.4) is 0 Å². The normalized spacial score (nSPS) is 15.0. The molecule has 1 heterocycles. The van der Waals surface area contributed by atoms with Crippen molar-refractivity contribution >= 4 is 41.9 Å². The maximum absolute atomic E-state index is 3.70. The summed E-state index contributed by atoms with van der Waals surface area (Å²) in [7, 11) is -1.54. The first-order valence-electron chi connectivity index (χ1n) is 8.74. The third-order valence-corrected chi connectivity index (χ3v) is 9.96. The molecule has 0 atom stereocenters. The Balaban J connectivity index is 1.98. The van der Waals surface area contributed by atoms with Gasteiger partial charge in [-0.05, 0) is 59.7 Å². The lowest BCUT2D eigenvalue weighted by atomic mass is 10.1. The second-order valence-corrected chi connectivity index (χ2v) is 11.4. The number of halogens is 2. The van der Waals surface area contributed by atoms with Crippen LogP contribution in [0.1, 0.15) is 0 Å². The van der Waals surface area contributed by atoms with Crippen molar-refractivity contribution in [1.29, 1.82) is 0 Å². The highest BCUT2D eigenvalue weighted by molar-refractivity contribution is 9.10. The fraction of sp³-hybridized carbons (Fsp3) is 0. The van der Waals surface area contributed by atoms with Crippen LogP contribution in [0.25, 0.3) is 11.1 Å². The zero-order valence-corrected chi connectivity index (χ0v) is 18.4. The van der Waals surface area contributed by atoms with Crippen LogP contribution in [0.4, 0.5) is 0 Å². The second kappa shape index (κ2) is 6.66. The molecule has 1 aliphatic heterocycles. The fourth-order valence-electron chi connectivity index (χ4n) is 3.99. The molecule has 4 aromatic rings. The van der Waals surface area contributed by atoms with Gasteiger partial charge in [0.05, 0.1) is 0 Å². The van der Waals surface area contributed by atoms with Crippen LogP contribution in [-0.4, -0.2) is 0 Å². The van der Waals surface area contributed by atoms with E-state index < -0.39 is 10.0 Å². The van der Waals surface area contributed by atoms with Crippen molar-refractivity contribution in [2.75, 3.05) is 0 Å². The lowest BCUT2D eigenvalue weighted by molar-refractivity contribution is 1.28. The van der Waals surface area contributed by atoms with E-state index in [1.54, 1.807) is 0 Å². The van der Waals surface area contributed by atoms with Crippen molar-refractivity contribution in [3.63, 3.8) is 0 Å². The first-order valence-corrected chi connectivity index (χ1v) is 12.0. The van der Waals surface area contributed by atoms with Crippen LogP contribution in [0.15, 0.2) is 126 Å². The molecule has 0 amide bonds. The van der Waals surface area contributed by atoms with Crippen molar-refractivity contribution in [3.05, 3.63) is 106 Å². The minimum Gasteiger partial charge on any atom is -0.132 e. The molecular formula is C24H16Br2S. The Morgan fingerprint density at radius 2 is 0.926 bits per heavy atom. The first kappa shape index (κ1) is 17.3. The highest BCUT2D eigenvalue weighted by Gasteiger charge is 2.41. The zero-order valence-electron chi connectivity index (χ0n) is 14.4. The molecular weight excluding hydrogens is 480 g/mol. The highest BCUT2D eigenvalue weighted by atomic mass is 79.9. The molecule has 0 spiro atoms. The summed E-state index contributed by atoms with van der Waals surface area (Å²) in [6.07, 6.45) is 0.